The largest absolute Gasteiger partial charge is 0.106 e. The molecular formula is C47H66Si5. The van der Waals surface area contributed by atoms with Crippen molar-refractivity contribution in [2.75, 3.05) is 0 Å². The second-order valence-corrected chi connectivity index (χ2v) is 45.2. The van der Waals surface area contributed by atoms with Crippen LogP contribution in [0.25, 0.3) is 34.4 Å². The zero-order valence-electron chi connectivity index (χ0n) is 35.1. The van der Waals surface area contributed by atoms with E-state index in [2.05, 4.69) is 177 Å². The van der Waals surface area contributed by atoms with E-state index < -0.39 is 40.4 Å². The summed E-state index contributed by atoms with van der Waals surface area (Å²) in [5, 5.41) is 9.89. The van der Waals surface area contributed by atoms with Gasteiger partial charge in [-0.05, 0) is 57.3 Å². The number of hydrogen-bond donors (Lipinski definition) is 0. The van der Waals surface area contributed by atoms with Gasteiger partial charge in [0.15, 0.2) is 0 Å². The molecule has 0 heterocycles. The minimum Gasteiger partial charge on any atom is -0.0712 e. The zero-order chi connectivity index (χ0) is 38.0. The summed E-state index contributed by atoms with van der Waals surface area (Å²) < 4.78 is 0. The third-order valence-electron chi connectivity index (χ3n) is 12.2. The number of fused-ring (bicyclic) bond motifs is 2. The van der Waals surface area contributed by atoms with Gasteiger partial charge < -0.3 is 0 Å². The van der Waals surface area contributed by atoms with Gasteiger partial charge in [-0.3, -0.25) is 0 Å². The van der Waals surface area contributed by atoms with Gasteiger partial charge in [-0.1, -0.05) is 227 Å². The Kier molecular flexibility index (Phi) is 10.5. The maximum absolute atomic E-state index is 2.72. The van der Waals surface area contributed by atoms with E-state index in [1.54, 1.807) is 31.1 Å². The van der Waals surface area contributed by atoms with Crippen LogP contribution in [0.1, 0.15) is 42.0 Å². The normalized spacial score (nSPS) is 15.0. The van der Waals surface area contributed by atoms with Crippen molar-refractivity contribution in [3.63, 3.8) is 0 Å². The summed E-state index contributed by atoms with van der Waals surface area (Å²) in [5.74, 6) is 0. The van der Waals surface area contributed by atoms with Crippen LogP contribution in [0, 0.1) is 0 Å². The van der Waals surface area contributed by atoms with Gasteiger partial charge in [0.05, 0.1) is 32.3 Å². The zero-order valence-corrected chi connectivity index (χ0v) is 40.1. The number of rotatable bonds is 11. The Morgan fingerprint density at radius 3 is 1.12 bits per heavy atom. The van der Waals surface area contributed by atoms with Crippen LogP contribution in [0.15, 0.2) is 83.2 Å². The van der Waals surface area contributed by atoms with Crippen molar-refractivity contribution in [2.24, 2.45) is 0 Å². The Morgan fingerprint density at radius 2 is 0.808 bits per heavy atom. The van der Waals surface area contributed by atoms with E-state index in [0.717, 1.165) is 12.8 Å². The Morgan fingerprint density at radius 1 is 0.462 bits per heavy atom. The summed E-state index contributed by atoms with van der Waals surface area (Å²) in [6.45, 7) is 35.2. The molecule has 52 heavy (non-hydrogen) atoms. The summed E-state index contributed by atoms with van der Waals surface area (Å²) in [7, 11) is -7.90. The van der Waals surface area contributed by atoms with Gasteiger partial charge in [0, 0.05) is 0 Å². The number of allylic oxidation sites excluding steroid dienone is 2. The molecule has 4 aromatic carbocycles. The van der Waals surface area contributed by atoms with Crippen molar-refractivity contribution < 1.29 is 0 Å². The Bertz CT molecular complexity index is 1860. The van der Waals surface area contributed by atoms with Crippen LogP contribution in [0.3, 0.4) is 0 Å². The molecule has 2 aliphatic rings. The molecule has 0 saturated heterocycles. The van der Waals surface area contributed by atoms with Gasteiger partial charge in [-0.2, -0.15) is 0 Å². The van der Waals surface area contributed by atoms with Crippen molar-refractivity contribution in [1.82, 2.24) is 0 Å². The maximum Gasteiger partial charge on any atom is 0.106 e. The third kappa shape index (κ3) is 7.81. The first-order valence-electron chi connectivity index (χ1n) is 20.1. The fraction of sp³-hybridized carbons (Fsp3) is 0.404. The lowest BCUT2D eigenvalue weighted by atomic mass is 9.97. The second kappa shape index (κ2) is 13.9. The highest BCUT2D eigenvalue weighted by molar-refractivity contribution is 6.93. The molecule has 0 amide bonds. The minimum atomic E-state index is -1.96. The fourth-order valence-electron chi connectivity index (χ4n) is 8.30. The number of benzene rings is 4. The SMILES string of the molecule is CCCC[Si](C)(C1=Cc2c(cccc2-c2cc([Si](C)(C)C)cc([Si](C)(C)C)c2)C1)C1=Cc2c(cccc2-c2cc([Si](C)(C)C)cc([Si](C)(C)C)c2)C1. The van der Waals surface area contributed by atoms with E-state index in [1.807, 2.05) is 0 Å². The molecule has 0 atom stereocenters. The quantitative estimate of drug-likeness (QED) is 0.133. The van der Waals surface area contributed by atoms with Crippen molar-refractivity contribution in [3.8, 4) is 22.3 Å². The number of hydrogen-bond acceptors (Lipinski definition) is 0. The smallest absolute Gasteiger partial charge is 0.0712 e. The summed E-state index contributed by atoms with van der Waals surface area (Å²) in [6.07, 6.45) is 10.2. The summed E-state index contributed by atoms with van der Waals surface area (Å²) in [5.41, 5.74) is 11.9. The van der Waals surface area contributed by atoms with Crippen molar-refractivity contribution in [2.45, 2.75) is 124 Å². The van der Waals surface area contributed by atoms with Crippen LogP contribution in [-0.2, 0) is 12.8 Å². The molecule has 0 spiro atoms. The number of unbranched alkanes of at least 4 members (excludes halogenated alkanes) is 1. The molecule has 2 aliphatic carbocycles. The molecule has 274 valence electrons. The second-order valence-electron chi connectivity index (χ2n) is 20.5. The maximum atomic E-state index is 2.72. The monoisotopic (exact) mass is 770 g/mol. The molecule has 0 nitrogen and oxygen atoms in total. The molecule has 6 rings (SSSR count). The first-order valence-corrected chi connectivity index (χ1v) is 36.8. The van der Waals surface area contributed by atoms with Gasteiger partial charge in [0.25, 0.3) is 0 Å². The first-order chi connectivity index (χ1) is 24.1. The molecule has 0 N–H and O–H groups in total. The van der Waals surface area contributed by atoms with E-state index >= 15 is 0 Å². The highest BCUT2D eigenvalue weighted by Crippen LogP contribution is 2.45. The van der Waals surface area contributed by atoms with E-state index in [0.29, 0.717) is 0 Å². The van der Waals surface area contributed by atoms with E-state index in [4.69, 9.17) is 0 Å². The minimum absolute atomic E-state index is 1.11. The van der Waals surface area contributed by atoms with Crippen LogP contribution in [0.4, 0.5) is 0 Å². The third-order valence-corrected chi connectivity index (χ3v) is 25.1. The first kappa shape index (κ1) is 39.1. The molecule has 4 aromatic rings. The molecule has 0 radical (unpaired) electrons. The summed E-state index contributed by atoms with van der Waals surface area (Å²) in [4.78, 5) is 0. The molecule has 0 unspecified atom stereocenters. The van der Waals surface area contributed by atoms with Gasteiger partial charge >= 0.3 is 0 Å². The lowest BCUT2D eigenvalue weighted by molar-refractivity contribution is 0.867. The molecule has 0 saturated carbocycles. The van der Waals surface area contributed by atoms with Gasteiger partial charge in [0.2, 0.25) is 0 Å². The van der Waals surface area contributed by atoms with Crippen molar-refractivity contribution in [3.05, 3.63) is 105 Å². The van der Waals surface area contributed by atoms with Crippen molar-refractivity contribution in [1.29, 1.82) is 0 Å². The standard InChI is InChI=1S/C47H66Si5/c1-15-16-23-52(14,42-24-34-19-17-21-44(46(34)32-42)36-26-38(48(2,3)4)30-39(27-36)49(5,6)7)43-25-35-20-18-22-45(47(35)33-43)37-28-40(50(8,9)10)31-41(29-37)51(11,12)13/h17-22,26-33H,15-16,23-25H2,1-14H3. The Balaban J connectivity index is 1.46. The lowest BCUT2D eigenvalue weighted by Crippen LogP contribution is -2.45. The average Bonchev–Trinajstić information content (AvgIpc) is 3.71. The Labute approximate surface area is 323 Å². The van der Waals surface area contributed by atoms with E-state index in [9.17, 15) is 0 Å². The molecular weight excluding hydrogens is 705 g/mol. The van der Waals surface area contributed by atoms with Crippen LogP contribution < -0.4 is 20.7 Å². The van der Waals surface area contributed by atoms with Gasteiger partial charge in [0.1, 0.15) is 8.07 Å². The highest BCUT2D eigenvalue weighted by atomic mass is 28.3. The summed E-state index contributed by atoms with van der Waals surface area (Å²) >= 11 is 0. The van der Waals surface area contributed by atoms with Crippen molar-refractivity contribution >= 4 is 73.3 Å². The highest BCUT2D eigenvalue weighted by Gasteiger charge is 2.40. The molecule has 0 fully saturated rings. The van der Waals surface area contributed by atoms with Crippen LogP contribution in [-0.4, -0.2) is 40.4 Å². The molecule has 0 aromatic heterocycles. The Hall–Kier alpha value is -2.56. The van der Waals surface area contributed by atoms with Crippen LogP contribution in [0.5, 0.6) is 0 Å². The summed E-state index contributed by atoms with van der Waals surface area (Å²) in [6, 6.07) is 31.1. The lowest BCUT2D eigenvalue weighted by Gasteiger charge is -2.31. The van der Waals surface area contributed by atoms with E-state index in [-0.39, 0.29) is 0 Å². The molecule has 0 aliphatic heterocycles. The molecule has 0 bridgehead atoms. The van der Waals surface area contributed by atoms with E-state index in [1.165, 1.54) is 63.4 Å². The van der Waals surface area contributed by atoms with Gasteiger partial charge in [-0.25, -0.2) is 0 Å². The average molecular weight is 771 g/mol. The predicted octanol–water partition coefficient (Wildman–Crippen LogP) is 11.7. The predicted molar refractivity (Wildman–Crippen MR) is 250 cm³/mol. The molecule has 5 heteroatoms. The topological polar surface area (TPSA) is 0 Å². The van der Waals surface area contributed by atoms with Crippen LogP contribution in [0.2, 0.25) is 91.2 Å². The van der Waals surface area contributed by atoms with Gasteiger partial charge in [-0.15, -0.1) is 0 Å². The fourth-order valence-corrected chi connectivity index (χ4v) is 17.5. The van der Waals surface area contributed by atoms with Crippen LogP contribution >= 0.6 is 0 Å².